The summed E-state index contributed by atoms with van der Waals surface area (Å²) in [6.45, 7) is 2.87. The third-order valence-electron chi connectivity index (χ3n) is 4.40. The molecule has 1 atom stereocenters. The van der Waals surface area contributed by atoms with Gasteiger partial charge < -0.3 is 14.8 Å². The number of amides is 2. The maximum Gasteiger partial charge on any atom is 0.322 e. The number of likely N-dealkylation sites (tertiary alicyclic amines) is 1. The van der Waals surface area contributed by atoms with Crippen molar-refractivity contribution in [1.29, 1.82) is 0 Å². The summed E-state index contributed by atoms with van der Waals surface area (Å²) in [5.74, 6) is 0. The third-order valence-corrected chi connectivity index (χ3v) is 4.40. The Morgan fingerprint density at radius 1 is 1.23 bits per heavy atom. The van der Waals surface area contributed by atoms with E-state index in [1.54, 1.807) is 19.3 Å². The van der Waals surface area contributed by atoms with Crippen molar-refractivity contribution in [2.45, 2.75) is 32.2 Å². The zero-order valence-corrected chi connectivity index (χ0v) is 13.0. The van der Waals surface area contributed by atoms with Crippen LogP contribution in [0.3, 0.4) is 0 Å². The highest BCUT2D eigenvalue weighted by Crippen LogP contribution is 2.22. The van der Waals surface area contributed by atoms with Crippen molar-refractivity contribution in [2.24, 2.45) is 7.05 Å². The minimum absolute atomic E-state index is 0.0556. The van der Waals surface area contributed by atoms with Crippen LogP contribution in [0.25, 0.3) is 10.8 Å². The molecule has 3 rings (SSSR count). The van der Waals surface area contributed by atoms with E-state index in [2.05, 4.69) is 12.2 Å². The summed E-state index contributed by atoms with van der Waals surface area (Å²) in [6, 6.07) is 7.54. The van der Waals surface area contributed by atoms with Gasteiger partial charge in [-0.3, -0.25) is 4.79 Å². The molecule has 5 heteroatoms. The molecular formula is C17H21N3O2. The number of nitrogens with one attached hydrogen (secondary N) is 1. The Labute approximate surface area is 129 Å². The van der Waals surface area contributed by atoms with Gasteiger partial charge >= 0.3 is 6.03 Å². The Hall–Kier alpha value is -2.30. The number of carbonyl (C=O) groups is 1. The molecule has 2 amide bonds. The van der Waals surface area contributed by atoms with E-state index in [0.717, 1.165) is 24.8 Å². The maximum absolute atomic E-state index is 12.5. The number of nitrogens with zero attached hydrogens (tertiary/aromatic N) is 2. The molecule has 116 valence electrons. The first kappa shape index (κ1) is 14.6. The van der Waals surface area contributed by atoms with Gasteiger partial charge in [-0.15, -0.1) is 0 Å². The Bertz CT molecular complexity index is 766. The number of benzene rings is 1. The molecule has 2 heterocycles. The van der Waals surface area contributed by atoms with Crippen LogP contribution in [0.1, 0.15) is 26.2 Å². The van der Waals surface area contributed by atoms with Crippen molar-refractivity contribution < 1.29 is 4.79 Å². The maximum atomic E-state index is 12.5. The molecule has 1 aliphatic rings. The smallest absolute Gasteiger partial charge is 0.322 e. The van der Waals surface area contributed by atoms with Gasteiger partial charge in [0, 0.05) is 36.6 Å². The number of aryl methyl sites for hydroxylation is 1. The van der Waals surface area contributed by atoms with Gasteiger partial charge in [-0.2, -0.15) is 0 Å². The average Bonchev–Trinajstić information content (AvgIpc) is 2.52. The van der Waals surface area contributed by atoms with Crippen molar-refractivity contribution >= 4 is 22.5 Å². The van der Waals surface area contributed by atoms with Gasteiger partial charge in [-0.25, -0.2) is 4.79 Å². The lowest BCUT2D eigenvalue weighted by Gasteiger charge is -2.33. The molecule has 0 bridgehead atoms. The summed E-state index contributed by atoms with van der Waals surface area (Å²) in [5, 5.41) is 4.38. The lowest BCUT2D eigenvalue weighted by molar-refractivity contribution is 0.170. The van der Waals surface area contributed by atoms with Crippen molar-refractivity contribution in [1.82, 2.24) is 9.47 Å². The summed E-state index contributed by atoms with van der Waals surface area (Å²) < 4.78 is 1.51. The first-order chi connectivity index (χ1) is 10.6. The third kappa shape index (κ3) is 2.58. The molecule has 1 aliphatic heterocycles. The van der Waals surface area contributed by atoms with E-state index in [9.17, 15) is 9.59 Å². The van der Waals surface area contributed by atoms with Crippen LogP contribution < -0.4 is 10.9 Å². The standard InChI is InChI=1S/C17H21N3O2/c1-12-7-5-6-10-20(12)17(22)18-15-11-19(2)16(21)14-9-4-3-8-13(14)15/h3-4,8-9,11-12H,5-7,10H2,1-2H3,(H,18,22)/t12-/m1/s1. The summed E-state index contributed by atoms with van der Waals surface area (Å²) >= 11 is 0. The number of hydrogen-bond donors (Lipinski definition) is 1. The fourth-order valence-electron chi connectivity index (χ4n) is 3.10. The van der Waals surface area contributed by atoms with Crippen molar-refractivity contribution in [3.05, 3.63) is 40.8 Å². The topological polar surface area (TPSA) is 54.3 Å². The van der Waals surface area contributed by atoms with E-state index in [-0.39, 0.29) is 17.6 Å². The Morgan fingerprint density at radius 3 is 2.68 bits per heavy atom. The summed E-state index contributed by atoms with van der Waals surface area (Å²) in [6.07, 6.45) is 4.96. The Kier molecular flexibility index (Phi) is 3.88. The van der Waals surface area contributed by atoms with Crippen LogP contribution in [0.5, 0.6) is 0 Å². The molecular weight excluding hydrogens is 278 g/mol. The largest absolute Gasteiger partial charge is 0.322 e. The molecule has 1 aromatic carbocycles. The fraction of sp³-hybridized carbons (Fsp3) is 0.412. The van der Waals surface area contributed by atoms with Gasteiger partial charge in [0.1, 0.15) is 0 Å². The number of anilines is 1. The quantitative estimate of drug-likeness (QED) is 0.880. The number of rotatable bonds is 1. The zero-order chi connectivity index (χ0) is 15.7. The molecule has 2 aromatic rings. The molecule has 1 N–H and O–H groups in total. The van der Waals surface area contributed by atoms with Crippen LogP contribution in [0.2, 0.25) is 0 Å². The Morgan fingerprint density at radius 2 is 1.95 bits per heavy atom. The highest BCUT2D eigenvalue weighted by atomic mass is 16.2. The van der Waals surface area contributed by atoms with E-state index < -0.39 is 0 Å². The van der Waals surface area contributed by atoms with E-state index in [0.29, 0.717) is 11.1 Å². The second kappa shape index (κ2) is 5.83. The zero-order valence-electron chi connectivity index (χ0n) is 13.0. The van der Waals surface area contributed by atoms with Crippen molar-refractivity contribution in [3.8, 4) is 0 Å². The van der Waals surface area contributed by atoms with Crippen LogP contribution in [0.4, 0.5) is 10.5 Å². The molecule has 0 aliphatic carbocycles. The molecule has 22 heavy (non-hydrogen) atoms. The van der Waals surface area contributed by atoms with Crippen LogP contribution >= 0.6 is 0 Å². The highest BCUT2D eigenvalue weighted by Gasteiger charge is 2.23. The van der Waals surface area contributed by atoms with Crippen LogP contribution in [-0.2, 0) is 7.05 Å². The van der Waals surface area contributed by atoms with Crippen LogP contribution in [0, 0.1) is 0 Å². The Balaban J connectivity index is 1.95. The van der Waals surface area contributed by atoms with Crippen LogP contribution in [-0.4, -0.2) is 28.1 Å². The van der Waals surface area contributed by atoms with E-state index in [1.165, 1.54) is 11.0 Å². The lowest BCUT2D eigenvalue weighted by Crippen LogP contribution is -2.44. The number of fused-ring (bicyclic) bond motifs is 1. The van der Waals surface area contributed by atoms with Gasteiger partial charge in [0.2, 0.25) is 0 Å². The molecule has 0 radical (unpaired) electrons. The van der Waals surface area contributed by atoms with E-state index in [1.807, 2.05) is 23.1 Å². The number of urea groups is 1. The number of hydrogen-bond acceptors (Lipinski definition) is 2. The first-order valence-electron chi connectivity index (χ1n) is 7.74. The molecule has 0 spiro atoms. The number of aromatic nitrogens is 1. The number of pyridine rings is 1. The lowest BCUT2D eigenvalue weighted by atomic mass is 10.0. The first-order valence-corrected chi connectivity index (χ1v) is 7.74. The molecule has 1 aromatic heterocycles. The fourth-order valence-corrected chi connectivity index (χ4v) is 3.10. The van der Waals surface area contributed by atoms with Crippen molar-refractivity contribution in [2.75, 3.05) is 11.9 Å². The normalized spacial score (nSPS) is 18.5. The minimum Gasteiger partial charge on any atom is -0.322 e. The summed E-state index contributed by atoms with van der Waals surface area (Å²) in [4.78, 5) is 26.6. The van der Waals surface area contributed by atoms with Crippen LogP contribution in [0.15, 0.2) is 35.3 Å². The van der Waals surface area contributed by atoms with E-state index in [4.69, 9.17) is 0 Å². The molecule has 1 fully saturated rings. The number of piperidine rings is 1. The SMILES string of the molecule is C[C@@H]1CCCCN1C(=O)Nc1cn(C)c(=O)c2ccccc12. The van der Waals surface area contributed by atoms with Gasteiger partial charge in [0.15, 0.2) is 0 Å². The minimum atomic E-state index is -0.0870. The molecule has 1 saturated heterocycles. The molecule has 0 unspecified atom stereocenters. The second-order valence-corrected chi connectivity index (χ2v) is 5.97. The molecule has 0 saturated carbocycles. The predicted molar refractivity (Wildman–Crippen MR) is 88.2 cm³/mol. The van der Waals surface area contributed by atoms with E-state index >= 15 is 0 Å². The monoisotopic (exact) mass is 299 g/mol. The van der Waals surface area contributed by atoms with Gasteiger partial charge in [0.25, 0.3) is 5.56 Å². The average molecular weight is 299 g/mol. The van der Waals surface area contributed by atoms with Crippen molar-refractivity contribution in [3.63, 3.8) is 0 Å². The van der Waals surface area contributed by atoms with Gasteiger partial charge in [-0.1, -0.05) is 18.2 Å². The van der Waals surface area contributed by atoms with Gasteiger partial charge in [0.05, 0.1) is 5.69 Å². The highest BCUT2D eigenvalue weighted by molar-refractivity contribution is 6.01. The summed E-state index contributed by atoms with van der Waals surface area (Å²) in [5.41, 5.74) is 0.625. The van der Waals surface area contributed by atoms with Gasteiger partial charge in [-0.05, 0) is 32.3 Å². The summed E-state index contributed by atoms with van der Waals surface area (Å²) in [7, 11) is 1.70. The second-order valence-electron chi connectivity index (χ2n) is 5.97. The predicted octanol–water partition coefficient (Wildman–Crippen LogP) is 2.94. The molecule has 5 nitrogen and oxygen atoms in total. The number of carbonyl (C=O) groups excluding carboxylic acids is 1.